The molecule has 0 aliphatic carbocycles. The van der Waals surface area contributed by atoms with Gasteiger partial charge in [-0.2, -0.15) is 0 Å². The number of pyridine rings is 1. The minimum Gasteiger partial charge on any atom is -0.352 e. The van der Waals surface area contributed by atoms with Crippen molar-refractivity contribution in [1.29, 1.82) is 0 Å². The van der Waals surface area contributed by atoms with Gasteiger partial charge in [0.2, 0.25) is 5.95 Å². The Morgan fingerprint density at radius 2 is 1.80 bits per heavy atom. The number of aromatic nitrogens is 3. The average molecular weight is 448 g/mol. The molecule has 3 aromatic rings. The summed E-state index contributed by atoms with van der Waals surface area (Å²) < 4.78 is 1.80. The van der Waals surface area contributed by atoms with E-state index in [0.29, 0.717) is 45.0 Å². The first kappa shape index (κ1) is 22.4. The van der Waals surface area contributed by atoms with E-state index in [-0.39, 0.29) is 5.91 Å². The summed E-state index contributed by atoms with van der Waals surface area (Å²) in [6, 6.07) is 7.03. The van der Waals surface area contributed by atoms with Crippen molar-refractivity contribution in [1.82, 2.24) is 19.9 Å². The summed E-state index contributed by atoms with van der Waals surface area (Å²) in [6.45, 7) is 2.88. The first-order valence-electron chi connectivity index (χ1n) is 10.3. The molecule has 0 bridgehead atoms. The molecule has 0 unspecified atom stereocenters. The molecule has 2 aromatic heterocycles. The van der Waals surface area contributed by atoms with Crippen molar-refractivity contribution in [3.05, 3.63) is 46.1 Å². The van der Waals surface area contributed by atoms with Crippen LogP contribution >= 0.6 is 23.2 Å². The van der Waals surface area contributed by atoms with E-state index in [4.69, 9.17) is 23.2 Å². The van der Waals surface area contributed by atoms with E-state index in [1.54, 1.807) is 35.0 Å². The van der Waals surface area contributed by atoms with Crippen LogP contribution in [0.4, 0.5) is 11.6 Å². The zero-order chi connectivity index (χ0) is 21.5. The Labute approximate surface area is 187 Å². The molecule has 0 aliphatic heterocycles. The Morgan fingerprint density at radius 1 is 1.10 bits per heavy atom. The number of unbranched alkanes of at least 4 members (excludes halogenated alkanes) is 5. The molecule has 1 aromatic carbocycles. The first-order chi connectivity index (χ1) is 14.5. The lowest BCUT2D eigenvalue weighted by molar-refractivity contribution is 0.0952. The maximum atomic E-state index is 12.5. The lowest BCUT2D eigenvalue weighted by Gasteiger charge is -2.09. The number of rotatable bonds is 10. The summed E-state index contributed by atoms with van der Waals surface area (Å²) in [5.41, 5.74) is 2.36. The highest BCUT2D eigenvalue weighted by Crippen LogP contribution is 2.32. The van der Waals surface area contributed by atoms with Crippen molar-refractivity contribution in [3.63, 3.8) is 0 Å². The van der Waals surface area contributed by atoms with E-state index < -0.39 is 0 Å². The van der Waals surface area contributed by atoms with Gasteiger partial charge in [-0.3, -0.25) is 9.36 Å². The Morgan fingerprint density at radius 3 is 2.53 bits per heavy atom. The maximum absolute atomic E-state index is 12.5. The molecule has 8 heteroatoms. The molecule has 1 amide bonds. The van der Waals surface area contributed by atoms with Crippen LogP contribution in [0.25, 0.3) is 11.2 Å². The number of anilines is 2. The zero-order valence-corrected chi connectivity index (χ0v) is 18.9. The van der Waals surface area contributed by atoms with E-state index in [2.05, 4.69) is 27.5 Å². The largest absolute Gasteiger partial charge is 0.352 e. The number of hydrogen-bond acceptors (Lipinski definition) is 4. The van der Waals surface area contributed by atoms with Crippen LogP contribution in [0.5, 0.6) is 0 Å². The monoisotopic (exact) mass is 447 g/mol. The third-order valence-corrected chi connectivity index (χ3v) is 5.62. The van der Waals surface area contributed by atoms with Crippen LogP contribution in [0.15, 0.2) is 30.5 Å². The molecule has 2 heterocycles. The molecule has 0 atom stereocenters. The summed E-state index contributed by atoms with van der Waals surface area (Å²) in [7, 11) is 1.84. The van der Waals surface area contributed by atoms with Crippen LogP contribution in [0.3, 0.4) is 0 Å². The number of carbonyl (C=O) groups is 1. The predicted molar refractivity (Wildman–Crippen MR) is 124 cm³/mol. The van der Waals surface area contributed by atoms with Gasteiger partial charge in [0.05, 0.1) is 21.3 Å². The Balaban J connectivity index is 1.66. The molecule has 0 aliphatic rings. The normalized spacial score (nSPS) is 11.1. The second-order valence-corrected chi connectivity index (χ2v) is 8.12. The molecular weight excluding hydrogens is 421 g/mol. The van der Waals surface area contributed by atoms with E-state index in [0.717, 1.165) is 12.8 Å². The van der Waals surface area contributed by atoms with Crippen LogP contribution in [-0.4, -0.2) is 27.0 Å². The zero-order valence-electron chi connectivity index (χ0n) is 17.3. The number of fused-ring (bicyclic) bond motifs is 1. The highest BCUT2D eigenvalue weighted by atomic mass is 35.5. The van der Waals surface area contributed by atoms with E-state index >= 15 is 0 Å². The number of aryl methyl sites for hydroxylation is 1. The van der Waals surface area contributed by atoms with Gasteiger partial charge in [0.15, 0.2) is 5.65 Å². The van der Waals surface area contributed by atoms with E-state index in [1.165, 1.54) is 25.7 Å². The van der Waals surface area contributed by atoms with Crippen molar-refractivity contribution >= 4 is 51.9 Å². The SMILES string of the molecule is CCCCCCCCNC(=O)c1cnc2c(c1)nc(Nc1c(Cl)cccc1Cl)n2C. The van der Waals surface area contributed by atoms with E-state index in [1.807, 2.05) is 7.05 Å². The molecule has 0 saturated heterocycles. The second-order valence-electron chi connectivity index (χ2n) is 7.31. The predicted octanol–water partition coefficient (Wildman–Crippen LogP) is 6.11. The number of hydrogen-bond donors (Lipinski definition) is 2. The molecular formula is C22H27Cl2N5O. The van der Waals surface area contributed by atoms with Gasteiger partial charge in [0.1, 0.15) is 5.52 Å². The molecule has 0 spiro atoms. The topological polar surface area (TPSA) is 71.8 Å². The van der Waals surface area contributed by atoms with Gasteiger partial charge in [-0.25, -0.2) is 9.97 Å². The molecule has 0 fully saturated rings. The summed E-state index contributed by atoms with van der Waals surface area (Å²) in [6.07, 6.45) is 8.70. The van der Waals surface area contributed by atoms with Crippen molar-refractivity contribution in [3.8, 4) is 0 Å². The van der Waals surface area contributed by atoms with Gasteiger partial charge in [-0.05, 0) is 24.6 Å². The Bertz CT molecular complexity index is 998. The lowest BCUT2D eigenvalue weighted by atomic mass is 10.1. The maximum Gasteiger partial charge on any atom is 0.252 e. The number of imidazole rings is 1. The average Bonchev–Trinajstić information content (AvgIpc) is 3.05. The van der Waals surface area contributed by atoms with Crippen LogP contribution in [-0.2, 0) is 7.05 Å². The second kappa shape index (κ2) is 10.6. The number of halogens is 2. The number of amides is 1. The minimum absolute atomic E-state index is 0.132. The fourth-order valence-corrected chi connectivity index (χ4v) is 3.74. The number of para-hydroxylation sites is 1. The standard InChI is InChI=1S/C22H27Cl2N5O/c1-3-4-5-6-7-8-12-25-21(30)15-13-18-20(26-14-15)29(2)22(27-18)28-19-16(23)10-9-11-17(19)24/h9-11,13-14H,3-8,12H2,1-2H3,(H,25,30)(H,27,28). The number of nitrogens with one attached hydrogen (secondary N) is 2. The molecule has 3 rings (SSSR count). The van der Waals surface area contributed by atoms with Crippen LogP contribution in [0.2, 0.25) is 10.0 Å². The molecule has 30 heavy (non-hydrogen) atoms. The number of benzene rings is 1. The Hall–Kier alpha value is -2.31. The van der Waals surface area contributed by atoms with Crippen molar-refractivity contribution in [2.24, 2.45) is 7.05 Å². The fourth-order valence-electron chi connectivity index (χ4n) is 3.25. The van der Waals surface area contributed by atoms with Gasteiger partial charge < -0.3 is 10.6 Å². The molecule has 2 N–H and O–H groups in total. The first-order valence-corrected chi connectivity index (χ1v) is 11.1. The van der Waals surface area contributed by atoms with Gasteiger partial charge >= 0.3 is 0 Å². The summed E-state index contributed by atoms with van der Waals surface area (Å²) in [4.78, 5) is 21.4. The van der Waals surface area contributed by atoms with Crippen molar-refractivity contribution in [2.75, 3.05) is 11.9 Å². The van der Waals surface area contributed by atoms with Crippen LogP contribution < -0.4 is 10.6 Å². The molecule has 0 radical (unpaired) electrons. The van der Waals surface area contributed by atoms with Crippen LogP contribution in [0, 0.1) is 0 Å². The quantitative estimate of drug-likeness (QED) is 0.367. The van der Waals surface area contributed by atoms with Gasteiger partial charge in [0.25, 0.3) is 5.91 Å². The third-order valence-electron chi connectivity index (χ3n) is 4.99. The number of carbonyl (C=O) groups excluding carboxylic acids is 1. The molecule has 160 valence electrons. The Kier molecular flexibility index (Phi) is 7.94. The molecule has 6 nitrogen and oxygen atoms in total. The molecule has 0 saturated carbocycles. The highest BCUT2D eigenvalue weighted by molar-refractivity contribution is 6.39. The summed E-state index contributed by atoms with van der Waals surface area (Å²) in [5, 5.41) is 7.12. The lowest BCUT2D eigenvalue weighted by Crippen LogP contribution is -2.24. The summed E-state index contributed by atoms with van der Waals surface area (Å²) >= 11 is 12.5. The van der Waals surface area contributed by atoms with Gasteiger partial charge in [-0.15, -0.1) is 0 Å². The van der Waals surface area contributed by atoms with Gasteiger partial charge in [-0.1, -0.05) is 68.3 Å². The van der Waals surface area contributed by atoms with Crippen molar-refractivity contribution in [2.45, 2.75) is 45.4 Å². The van der Waals surface area contributed by atoms with Crippen LogP contribution in [0.1, 0.15) is 55.8 Å². The minimum atomic E-state index is -0.132. The van der Waals surface area contributed by atoms with Crippen molar-refractivity contribution < 1.29 is 4.79 Å². The fraction of sp³-hybridized carbons (Fsp3) is 0.409. The van der Waals surface area contributed by atoms with E-state index in [9.17, 15) is 4.79 Å². The third kappa shape index (κ3) is 5.43. The summed E-state index contributed by atoms with van der Waals surface area (Å²) in [5.74, 6) is 0.407. The number of nitrogens with zero attached hydrogens (tertiary/aromatic N) is 3. The highest BCUT2D eigenvalue weighted by Gasteiger charge is 2.15. The smallest absolute Gasteiger partial charge is 0.252 e. The van der Waals surface area contributed by atoms with Gasteiger partial charge in [0, 0.05) is 19.8 Å².